The first-order valence-electron chi connectivity index (χ1n) is 10.1. The highest BCUT2D eigenvalue weighted by molar-refractivity contribution is 7.89. The number of hydrogen-bond acceptors (Lipinski definition) is 4. The number of aryl methyl sites for hydroxylation is 1. The zero-order chi connectivity index (χ0) is 21.3. The number of morpholine rings is 1. The molecule has 6 nitrogen and oxygen atoms in total. The molecule has 1 saturated heterocycles. The summed E-state index contributed by atoms with van der Waals surface area (Å²) >= 11 is 0. The summed E-state index contributed by atoms with van der Waals surface area (Å²) < 4.78 is 46.8. The molecule has 2 aliphatic rings. The minimum atomic E-state index is -3.71. The maximum atomic E-state index is 14.2. The number of hydrogen-bond donors (Lipinski definition) is 0. The first kappa shape index (κ1) is 21.0. The van der Waals surface area contributed by atoms with Crippen LogP contribution in [0, 0.1) is 12.7 Å². The molecule has 0 atom stereocenters. The summed E-state index contributed by atoms with van der Waals surface area (Å²) in [6, 6.07) is 11.1. The largest absolute Gasteiger partial charge is 0.379 e. The highest BCUT2D eigenvalue weighted by Gasteiger charge is 2.35. The van der Waals surface area contributed by atoms with E-state index in [2.05, 4.69) is 0 Å². The number of rotatable bonds is 6. The Bertz CT molecular complexity index is 1050. The van der Waals surface area contributed by atoms with Gasteiger partial charge in [0.1, 0.15) is 5.82 Å². The van der Waals surface area contributed by atoms with Gasteiger partial charge in [-0.3, -0.25) is 4.79 Å². The van der Waals surface area contributed by atoms with E-state index in [1.54, 1.807) is 36.1 Å². The molecule has 1 saturated carbocycles. The molecule has 30 heavy (non-hydrogen) atoms. The van der Waals surface area contributed by atoms with E-state index in [-0.39, 0.29) is 29.2 Å². The predicted octanol–water partition coefficient (Wildman–Crippen LogP) is 2.96. The lowest BCUT2D eigenvalue weighted by molar-refractivity contribution is 0.0724. The van der Waals surface area contributed by atoms with Crippen LogP contribution in [0.1, 0.15) is 34.3 Å². The van der Waals surface area contributed by atoms with Crippen molar-refractivity contribution in [3.63, 3.8) is 0 Å². The van der Waals surface area contributed by atoms with E-state index in [1.807, 2.05) is 0 Å². The standard InChI is InChI=1S/C22H25FN2O4S/c1-16-6-9-19(30(27,28)24-10-12-29-13-11-24)14-20(16)22(26)25(18-7-8-18)15-17-4-2-3-5-21(17)23/h2-6,9,14,18H,7-8,10-13,15H2,1H3. The molecule has 0 aromatic heterocycles. The third-order valence-corrected chi connectivity index (χ3v) is 7.49. The summed E-state index contributed by atoms with van der Waals surface area (Å²) in [7, 11) is -3.71. The van der Waals surface area contributed by atoms with Gasteiger partial charge in [0, 0.05) is 36.8 Å². The molecule has 1 aliphatic carbocycles. The lowest BCUT2D eigenvalue weighted by Crippen LogP contribution is -2.40. The molecule has 0 N–H and O–H groups in total. The maximum Gasteiger partial charge on any atom is 0.254 e. The van der Waals surface area contributed by atoms with Gasteiger partial charge in [-0.2, -0.15) is 4.31 Å². The van der Waals surface area contributed by atoms with E-state index in [1.165, 1.54) is 22.5 Å². The van der Waals surface area contributed by atoms with E-state index in [0.29, 0.717) is 43.0 Å². The van der Waals surface area contributed by atoms with Crippen LogP contribution in [0.4, 0.5) is 4.39 Å². The Balaban J connectivity index is 1.64. The van der Waals surface area contributed by atoms with E-state index >= 15 is 0 Å². The third kappa shape index (κ3) is 4.26. The van der Waals surface area contributed by atoms with Crippen molar-refractivity contribution in [1.82, 2.24) is 9.21 Å². The minimum Gasteiger partial charge on any atom is -0.379 e. The average molecular weight is 433 g/mol. The summed E-state index contributed by atoms with van der Waals surface area (Å²) in [5, 5.41) is 0. The van der Waals surface area contributed by atoms with Crippen molar-refractivity contribution in [3.8, 4) is 0 Å². The van der Waals surface area contributed by atoms with Crippen molar-refractivity contribution >= 4 is 15.9 Å². The number of amides is 1. The number of halogens is 1. The molecule has 160 valence electrons. The van der Waals surface area contributed by atoms with Gasteiger partial charge in [-0.15, -0.1) is 0 Å². The monoisotopic (exact) mass is 432 g/mol. The second-order valence-electron chi connectivity index (χ2n) is 7.75. The first-order chi connectivity index (χ1) is 14.4. The molecule has 0 spiro atoms. The van der Waals surface area contributed by atoms with Gasteiger partial charge in [-0.05, 0) is 43.5 Å². The smallest absolute Gasteiger partial charge is 0.254 e. The van der Waals surface area contributed by atoms with Crippen LogP contribution in [0.25, 0.3) is 0 Å². The Hall–Kier alpha value is -2.29. The number of benzene rings is 2. The fourth-order valence-corrected chi connectivity index (χ4v) is 5.08. The molecular weight excluding hydrogens is 407 g/mol. The molecule has 1 heterocycles. The Kier molecular flexibility index (Phi) is 5.90. The number of ether oxygens (including phenoxy) is 1. The molecule has 2 fully saturated rings. The van der Waals surface area contributed by atoms with Crippen molar-refractivity contribution in [2.75, 3.05) is 26.3 Å². The fraction of sp³-hybridized carbons (Fsp3) is 0.409. The van der Waals surface area contributed by atoms with Gasteiger partial charge in [-0.25, -0.2) is 12.8 Å². The molecule has 8 heteroatoms. The van der Waals surface area contributed by atoms with Gasteiger partial charge < -0.3 is 9.64 Å². The van der Waals surface area contributed by atoms with Crippen LogP contribution in [0.5, 0.6) is 0 Å². The van der Waals surface area contributed by atoms with Gasteiger partial charge in [0.05, 0.1) is 18.1 Å². The highest BCUT2D eigenvalue weighted by Crippen LogP contribution is 2.31. The number of carbonyl (C=O) groups excluding carboxylic acids is 1. The Labute approximate surface area is 176 Å². The normalized spacial score (nSPS) is 17.7. The quantitative estimate of drug-likeness (QED) is 0.704. The van der Waals surface area contributed by atoms with Crippen molar-refractivity contribution in [2.45, 2.75) is 37.2 Å². The third-order valence-electron chi connectivity index (χ3n) is 5.59. The Morgan fingerprint density at radius 2 is 1.87 bits per heavy atom. The van der Waals surface area contributed by atoms with Gasteiger partial charge in [0.25, 0.3) is 5.91 Å². The molecule has 1 aliphatic heterocycles. The second-order valence-corrected chi connectivity index (χ2v) is 9.69. The Morgan fingerprint density at radius 1 is 1.17 bits per heavy atom. The molecular formula is C22H25FN2O4S. The molecule has 0 radical (unpaired) electrons. The van der Waals surface area contributed by atoms with Crippen molar-refractivity contribution in [2.24, 2.45) is 0 Å². The van der Waals surface area contributed by atoms with E-state index in [0.717, 1.165) is 12.8 Å². The van der Waals surface area contributed by atoms with Crippen LogP contribution in [-0.4, -0.2) is 55.9 Å². The first-order valence-corrected chi connectivity index (χ1v) is 11.5. The maximum absolute atomic E-state index is 14.2. The van der Waals surface area contributed by atoms with Crippen LogP contribution in [0.3, 0.4) is 0 Å². The molecule has 0 bridgehead atoms. The van der Waals surface area contributed by atoms with Gasteiger partial charge in [0.2, 0.25) is 10.0 Å². The van der Waals surface area contributed by atoms with Gasteiger partial charge in [-0.1, -0.05) is 24.3 Å². The second kappa shape index (κ2) is 8.45. The summed E-state index contributed by atoms with van der Waals surface area (Å²) in [4.78, 5) is 15.1. The summed E-state index contributed by atoms with van der Waals surface area (Å²) in [6.07, 6.45) is 1.73. The number of carbonyl (C=O) groups is 1. The minimum absolute atomic E-state index is 0.0519. The van der Waals surface area contributed by atoms with Crippen LogP contribution in [-0.2, 0) is 21.3 Å². The van der Waals surface area contributed by atoms with E-state index < -0.39 is 10.0 Å². The molecule has 1 amide bonds. The van der Waals surface area contributed by atoms with Crippen LogP contribution >= 0.6 is 0 Å². The van der Waals surface area contributed by atoms with Crippen molar-refractivity contribution < 1.29 is 22.3 Å². The van der Waals surface area contributed by atoms with Crippen LogP contribution in [0.15, 0.2) is 47.4 Å². The van der Waals surface area contributed by atoms with Crippen molar-refractivity contribution in [3.05, 3.63) is 65.0 Å². The molecule has 4 rings (SSSR count). The van der Waals surface area contributed by atoms with E-state index in [4.69, 9.17) is 4.74 Å². The summed E-state index contributed by atoms with van der Waals surface area (Å²) in [5.41, 5.74) is 1.49. The van der Waals surface area contributed by atoms with E-state index in [9.17, 15) is 17.6 Å². The zero-order valence-electron chi connectivity index (χ0n) is 16.9. The number of nitrogens with zero attached hydrogens (tertiary/aromatic N) is 2. The lowest BCUT2D eigenvalue weighted by atomic mass is 10.1. The van der Waals surface area contributed by atoms with Gasteiger partial charge in [0.15, 0.2) is 0 Å². The Morgan fingerprint density at radius 3 is 2.53 bits per heavy atom. The number of sulfonamides is 1. The zero-order valence-corrected chi connectivity index (χ0v) is 17.7. The topological polar surface area (TPSA) is 66.9 Å². The van der Waals surface area contributed by atoms with Crippen molar-refractivity contribution in [1.29, 1.82) is 0 Å². The molecule has 2 aromatic carbocycles. The average Bonchev–Trinajstić information content (AvgIpc) is 3.59. The van der Waals surface area contributed by atoms with Crippen LogP contribution < -0.4 is 0 Å². The molecule has 0 unspecified atom stereocenters. The highest BCUT2D eigenvalue weighted by atomic mass is 32.2. The summed E-state index contributed by atoms with van der Waals surface area (Å²) in [6.45, 7) is 3.24. The predicted molar refractivity (Wildman–Crippen MR) is 110 cm³/mol. The SMILES string of the molecule is Cc1ccc(S(=O)(=O)N2CCOCC2)cc1C(=O)N(Cc1ccccc1F)C1CC1. The molecule has 2 aromatic rings. The van der Waals surface area contributed by atoms with Gasteiger partial charge >= 0.3 is 0 Å². The fourth-order valence-electron chi connectivity index (χ4n) is 3.65. The lowest BCUT2D eigenvalue weighted by Gasteiger charge is -2.27. The van der Waals surface area contributed by atoms with Crippen LogP contribution in [0.2, 0.25) is 0 Å². The summed E-state index contributed by atoms with van der Waals surface area (Å²) in [5.74, 6) is -0.617.